The largest absolute Gasteiger partial charge is 0.489 e. The number of rotatable bonds is 6. The zero-order valence-corrected chi connectivity index (χ0v) is 11.3. The van der Waals surface area contributed by atoms with E-state index in [4.69, 9.17) is 9.29 Å². The molecule has 0 aliphatic rings. The summed E-state index contributed by atoms with van der Waals surface area (Å²) in [5, 5.41) is 0. The molecule has 2 aromatic carbocycles. The lowest BCUT2D eigenvalue weighted by molar-refractivity contribution is 0.306. The van der Waals surface area contributed by atoms with E-state index in [2.05, 4.69) is 0 Å². The van der Waals surface area contributed by atoms with Crippen molar-refractivity contribution in [2.45, 2.75) is 13.0 Å². The summed E-state index contributed by atoms with van der Waals surface area (Å²) in [6.07, 6.45) is 0.575. The highest BCUT2D eigenvalue weighted by Crippen LogP contribution is 2.15. The van der Waals surface area contributed by atoms with Gasteiger partial charge in [-0.05, 0) is 29.7 Å². The van der Waals surface area contributed by atoms with Crippen LogP contribution in [0.25, 0.3) is 0 Å². The lowest BCUT2D eigenvalue weighted by Crippen LogP contribution is -2.00. The van der Waals surface area contributed by atoms with Crippen molar-refractivity contribution in [2.24, 2.45) is 0 Å². The quantitative estimate of drug-likeness (QED) is 0.825. The normalized spacial score (nSPS) is 12.1. The fraction of sp³-hybridized carbons (Fsp3) is 0.200. The molecule has 0 aliphatic carbocycles. The summed E-state index contributed by atoms with van der Waals surface area (Å²) >= 11 is -1.75. The molecule has 0 radical (unpaired) electrons. The number of hydrogen-bond donors (Lipinski definition) is 1. The van der Waals surface area contributed by atoms with Gasteiger partial charge in [-0.2, -0.15) is 0 Å². The summed E-state index contributed by atoms with van der Waals surface area (Å²) < 4.78 is 25.1. The molecule has 0 bridgehead atoms. The van der Waals surface area contributed by atoms with Crippen LogP contribution in [0.15, 0.2) is 54.6 Å². The molecular weight excluding hydrogens is 260 g/mol. The fourth-order valence-electron chi connectivity index (χ4n) is 1.74. The van der Waals surface area contributed by atoms with E-state index >= 15 is 0 Å². The van der Waals surface area contributed by atoms with Gasteiger partial charge < -0.3 is 9.29 Å². The molecule has 0 saturated heterocycles. The van der Waals surface area contributed by atoms with E-state index in [-0.39, 0.29) is 5.75 Å². The van der Waals surface area contributed by atoms with Gasteiger partial charge in [-0.25, -0.2) is 4.21 Å². The Hall–Kier alpha value is -1.65. The van der Waals surface area contributed by atoms with E-state index in [0.29, 0.717) is 13.0 Å². The van der Waals surface area contributed by atoms with Crippen LogP contribution in [0, 0.1) is 0 Å². The topological polar surface area (TPSA) is 46.5 Å². The molecule has 0 amide bonds. The summed E-state index contributed by atoms with van der Waals surface area (Å²) in [5.74, 6) is 1.03. The van der Waals surface area contributed by atoms with Crippen LogP contribution in [0.4, 0.5) is 0 Å². The maximum Gasteiger partial charge on any atom is 0.153 e. The zero-order valence-electron chi connectivity index (χ0n) is 10.5. The predicted octanol–water partition coefficient (Wildman–Crippen LogP) is 3.03. The van der Waals surface area contributed by atoms with Gasteiger partial charge in [-0.15, -0.1) is 0 Å². The molecule has 2 aromatic rings. The van der Waals surface area contributed by atoms with Gasteiger partial charge in [-0.1, -0.05) is 42.5 Å². The molecule has 0 heterocycles. The average molecular weight is 276 g/mol. The molecule has 3 nitrogen and oxygen atoms in total. The van der Waals surface area contributed by atoms with Gasteiger partial charge >= 0.3 is 0 Å². The predicted molar refractivity (Wildman–Crippen MR) is 76.6 cm³/mol. The first-order valence-electron chi connectivity index (χ1n) is 6.07. The number of aryl methyl sites for hydroxylation is 1. The second kappa shape index (κ2) is 7.07. The average Bonchev–Trinajstić information content (AvgIpc) is 2.44. The second-order valence-corrected chi connectivity index (χ2v) is 5.25. The van der Waals surface area contributed by atoms with Crippen LogP contribution in [0.3, 0.4) is 0 Å². The third-order valence-electron chi connectivity index (χ3n) is 2.71. The Morgan fingerprint density at radius 1 is 1.00 bits per heavy atom. The minimum absolute atomic E-state index is 0.252. The molecule has 1 N–H and O–H groups in total. The van der Waals surface area contributed by atoms with Gasteiger partial charge in [0.1, 0.15) is 12.4 Å². The maximum atomic E-state index is 10.6. The third-order valence-corrected chi connectivity index (χ3v) is 3.27. The molecule has 4 heteroatoms. The Kier molecular flexibility index (Phi) is 5.12. The molecule has 0 spiro atoms. The van der Waals surface area contributed by atoms with E-state index in [9.17, 15) is 4.21 Å². The van der Waals surface area contributed by atoms with Crippen LogP contribution < -0.4 is 4.74 Å². The molecule has 0 aromatic heterocycles. The van der Waals surface area contributed by atoms with Gasteiger partial charge in [0.05, 0.1) is 5.75 Å². The summed E-state index contributed by atoms with van der Waals surface area (Å²) in [6.45, 7) is 0.524. The summed E-state index contributed by atoms with van der Waals surface area (Å²) in [6, 6.07) is 17.6. The van der Waals surface area contributed by atoms with Crippen LogP contribution in [0.2, 0.25) is 0 Å². The zero-order chi connectivity index (χ0) is 13.5. The van der Waals surface area contributed by atoms with Crippen molar-refractivity contribution < 1.29 is 13.5 Å². The monoisotopic (exact) mass is 276 g/mol. The van der Waals surface area contributed by atoms with Gasteiger partial charge in [0.25, 0.3) is 0 Å². The van der Waals surface area contributed by atoms with Crippen molar-refractivity contribution >= 4 is 11.1 Å². The number of benzene rings is 2. The van der Waals surface area contributed by atoms with E-state index in [0.717, 1.165) is 16.9 Å². The summed E-state index contributed by atoms with van der Waals surface area (Å²) in [4.78, 5) is 0. The van der Waals surface area contributed by atoms with Crippen molar-refractivity contribution in [1.29, 1.82) is 0 Å². The minimum atomic E-state index is -1.75. The Morgan fingerprint density at radius 2 is 1.74 bits per heavy atom. The standard InChI is InChI=1S/C15H16O3S/c16-19(17)10-9-13-7-4-8-15(11-13)18-12-14-5-2-1-3-6-14/h1-8,11H,9-10,12H2,(H,16,17). The molecule has 19 heavy (non-hydrogen) atoms. The van der Waals surface area contributed by atoms with Gasteiger partial charge in [0, 0.05) is 0 Å². The Morgan fingerprint density at radius 3 is 2.47 bits per heavy atom. The van der Waals surface area contributed by atoms with Crippen molar-refractivity contribution in [3.63, 3.8) is 0 Å². The molecule has 0 fully saturated rings. The van der Waals surface area contributed by atoms with Gasteiger partial charge in [0.2, 0.25) is 0 Å². The van der Waals surface area contributed by atoms with E-state index in [1.165, 1.54) is 0 Å². The van der Waals surface area contributed by atoms with Crippen molar-refractivity contribution in [3.8, 4) is 5.75 Å². The Balaban J connectivity index is 1.93. The molecule has 0 saturated carbocycles. The third kappa shape index (κ3) is 4.85. The van der Waals surface area contributed by atoms with E-state index < -0.39 is 11.1 Å². The maximum absolute atomic E-state index is 10.6. The van der Waals surface area contributed by atoms with Crippen LogP contribution in [0.5, 0.6) is 5.75 Å². The highest BCUT2D eigenvalue weighted by Gasteiger charge is 2.00. The first-order chi connectivity index (χ1) is 9.24. The Bertz CT molecular complexity index is 540. The van der Waals surface area contributed by atoms with E-state index in [1.807, 2.05) is 54.6 Å². The SMILES string of the molecule is O=S(O)CCc1cccc(OCc2ccccc2)c1. The van der Waals surface area contributed by atoms with Gasteiger partial charge in [-0.3, -0.25) is 0 Å². The van der Waals surface area contributed by atoms with Crippen molar-refractivity contribution in [3.05, 3.63) is 65.7 Å². The van der Waals surface area contributed by atoms with Crippen LogP contribution in [0.1, 0.15) is 11.1 Å². The van der Waals surface area contributed by atoms with E-state index in [1.54, 1.807) is 0 Å². The highest BCUT2D eigenvalue weighted by molar-refractivity contribution is 7.79. The molecule has 2 rings (SSSR count). The molecule has 1 atom stereocenters. The van der Waals surface area contributed by atoms with Crippen LogP contribution >= 0.6 is 0 Å². The van der Waals surface area contributed by atoms with Crippen molar-refractivity contribution in [2.75, 3.05) is 5.75 Å². The first-order valence-corrected chi connectivity index (χ1v) is 7.35. The molecule has 100 valence electrons. The Labute approximate surface area is 115 Å². The number of hydrogen-bond acceptors (Lipinski definition) is 2. The fourth-order valence-corrected chi connectivity index (χ4v) is 2.15. The highest BCUT2D eigenvalue weighted by atomic mass is 32.2. The first kappa shape index (κ1) is 13.8. The smallest absolute Gasteiger partial charge is 0.153 e. The summed E-state index contributed by atoms with van der Waals surface area (Å²) in [7, 11) is 0. The lowest BCUT2D eigenvalue weighted by Gasteiger charge is -2.07. The molecule has 1 unspecified atom stereocenters. The number of ether oxygens (including phenoxy) is 1. The summed E-state index contributed by atoms with van der Waals surface area (Å²) in [5.41, 5.74) is 2.12. The van der Waals surface area contributed by atoms with Crippen LogP contribution in [-0.2, 0) is 24.1 Å². The molecular formula is C15H16O3S. The molecule has 0 aliphatic heterocycles. The minimum Gasteiger partial charge on any atom is -0.489 e. The second-order valence-electron chi connectivity index (χ2n) is 4.20. The van der Waals surface area contributed by atoms with Crippen LogP contribution in [-0.4, -0.2) is 14.5 Å². The van der Waals surface area contributed by atoms with Crippen molar-refractivity contribution in [1.82, 2.24) is 0 Å². The lowest BCUT2D eigenvalue weighted by atomic mass is 10.1. The van der Waals surface area contributed by atoms with Gasteiger partial charge in [0.15, 0.2) is 11.1 Å².